The van der Waals surface area contributed by atoms with E-state index in [1.165, 1.54) is 6.92 Å². The number of morpholine rings is 1. The van der Waals surface area contributed by atoms with Gasteiger partial charge in [-0.3, -0.25) is 9.69 Å². The molecule has 0 saturated carbocycles. The first-order valence-electron chi connectivity index (χ1n) is 6.01. The predicted octanol–water partition coefficient (Wildman–Crippen LogP) is -0.567. The SMILES string of the molecule is CCNCCN1CCO[C@@H](CNC(C)=O)C1. The first-order chi connectivity index (χ1) is 7.72. The zero-order chi connectivity index (χ0) is 11.8. The Hall–Kier alpha value is -0.650. The highest BCUT2D eigenvalue weighted by molar-refractivity contribution is 5.72. The maximum absolute atomic E-state index is 10.8. The van der Waals surface area contributed by atoms with Crippen molar-refractivity contribution in [3.8, 4) is 0 Å². The second kappa shape index (κ2) is 7.60. The minimum atomic E-state index is 0.00775. The number of likely N-dealkylation sites (N-methyl/N-ethyl adjacent to an activating group) is 1. The van der Waals surface area contributed by atoms with Crippen LogP contribution in [0.4, 0.5) is 0 Å². The van der Waals surface area contributed by atoms with E-state index in [9.17, 15) is 4.79 Å². The van der Waals surface area contributed by atoms with E-state index < -0.39 is 0 Å². The smallest absolute Gasteiger partial charge is 0.216 e. The molecule has 0 unspecified atom stereocenters. The Balaban J connectivity index is 2.16. The van der Waals surface area contributed by atoms with E-state index in [2.05, 4.69) is 22.5 Å². The Labute approximate surface area is 97.5 Å². The van der Waals surface area contributed by atoms with Gasteiger partial charge in [0.05, 0.1) is 12.7 Å². The molecule has 0 aromatic rings. The maximum Gasteiger partial charge on any atom is 0.216 e. The molecule has 0 aromatic heterocycles. The molecular weight excluding hydrogens is 206 g/mol. The molecule has 1 saturated heterocycles. The van der Waals surface area contributed by atoms with Gasteiger partial charge in [0, 0.05) is 39.6 Å². The Kier molecular flexibility index (Phi) is 6.37. The molecule has 1 aliphatic rings. The summed E-state index contributed by atoms with van der Waals surface area (Å²) in [6.07, 6.45) is 0.138. The zero-order valence-corrected chi connectivity index (χ0v) is 10.3. The van der Waals surface area contributed by atoms with Crippen molar-refractivity contribution in [3.63, 3.8) is 0 Å². The van der Waals surface area contributed by atoms with Crippen LogP contribution >= 0.6 is 0 Å². The quantitative estimate of drug-likeness (QED) is 0.599. The van der Waals surface area contributed by atoms with Crippen molar-refractivity contribution in [2.45, 2.75) is 20.0 Å². The molecule has 0 spiro atoms. The topological polar surface area (TPSA) is 53.6 Å². The Morgan fingerprint density at radius 1 is 1.56 bits per heavy atom. The molecule has 1 atom stereocenters. The van der Waals surface area contributed by atoms with Crippen molar-refractivity contribution in [2.24, 2.45) is 0 Å². The summed E-state index contributed by atoms with van der Waals surface area (Å²) in [4.78, 5) is 13.2. The Morgan fingerprint density at radius 3 is 3.06 bits per heavy atom. The van der Waals surface area contributed by atoms with Gasteiger partial charge in [0.2, 0.25) is 5.91 Å². The highest BCUT2D eigenvalue weighted by atomic mass is 16.5. The lowest BCUT2D eigenvalue weighted by Gasteiger charge is -2.32. The molecule has 1 aliphatic heterocycles. The lowest BCUT2D eigenvalue weighted by molar-refractivity contribution is -0.120. The van der Waals surface area contributed by atoms with Crippen molar-refractivity contribution in [2.75, 3.05) is 45.9 Å². The molecule has 2 N–H and O–H groups in total. The van der Waals surface area contributed by atoms with Crippen LogP contribution in [-0.2, 0) is 9.53 Å². The second-order valence-corrected chi connectivity index (χ2v) is 4.08. The Bertz CT molecular complexity index is 211. The van der Waals surface area contributed by atoms with E-state index in [1.54, 1.807) is 0 Å². The summed E-state index contributed by atoms with van der Waals surface area (Å²) >= 11 is 0. The standard InChI is InChI=1S/C11H23N3O2/c1-3-12-4-5-14-6-7-16-11(9-14)8-13-10(2)15/h11-12H,3-9H2,1-2H3,(H,13,15)/t11-/m0/s1. The predicted molar refractivity (Wildman–Crippen MR) is 63.4 cm³/mol. The van der Waals surface area contributed by atoms with E-state index in [0.717, 1.165) is 39.3 Å². The molecule has 0 aliphatic carbocycles. The highest BCUT2D eigenvalue weighted by Gasteiger charge is 2.19. The molecule has 1 heterocycles. The lowest BCUT2D eigenvalue weighted by atomic mass is 10.2. The van der Waals surface area contributed by atoms with Crippen molar-refractivity contribution in [1.82, 2.24) is 15.5 Å². The van der Waals surface area contributed by atoms with Gasteiger partial charge in [-0.15, -0.1) is 0 Å². The number of amides is 1. The summed E-state index contributed by atoms with van der Waals surface area (Å²) in [6.45, 7) is 10.00. The molecule has 94 valence electrons. The van der Waals surface area contributed by atoms with E-state index in [0.29, 0.717) is 6.54 Å². The largest absolute Gasteiger partial charge is 0.374 e. The van der Waals surface area contributed by atoms with Crippen LogP contribution in [0.1, 0.15) is 13.8 Å². The molecule has 0 bridgehead atoms. The molecule has 1 amide bonds. The zero-order valence-electron chi connectivity index (χ0n) is 10.3. The molecule has 0 radical (unpaired) electrons. The fourth-order valence-electron chi connectivity index (χ4n) is 1.78. The Morgan fingerprint density at radius 2 is 2.38 bits per heavy atom. The number of carbonyl (C=O) groups is 1. The summed E-state index contributed by atoms with van der Waals surface area (Å²) in [7, 11) is 0. The van der Waals surface area contributed by atoms with Crippen molar-refractivity contribution in [1.29, 1.82) is 0 Å². The third-order valence-corrected chi connectivity index (χ3v) is 2.66. The molecule has 1 fully saturated rings. The number of rotatable bonds is 6. The van der Waals surface area contributed by atoms with Gasteiger partial charge in [0.25, 0.3) is 0 Å². The highest BCUT2D eigenvalue weighted by Crippen LogP contribution is 2.03. The summed E-state index contributed by atoms with van der Waals surface area (Å²) in [5, 5.41) is 6.11. The van der Waals surface area contributed by atoms with Crippen molar-refractivity contribution >= 4 is 5.91 Å². The maximum atomic E-state index is 10.8. The van der Waals surface area contributed by atoms with Gasteiger partial charge < -0.3 is 15.4 Å². The van der Waals surface area contributed by atoms with Gasteiger partial charge in [0.1, 0.15) is 0 Å². The number of nitrogens with one attached hydrogen (secondary N) is 2. The summed E-state index contributed by atoms with van der Waals surface area (Å²) < 4.78 is 5.59. The van der Waals surface area contributed by atoms with Gasteiger partial charge in [-0.2, -0.15) is 0 Å². The van der Waals surface area contributed by atoms with Gasteiger partial charge in [-0.25, -0.2) is 0 Å². The molecule has 5 nitrogen and oxygen atoms in total. The van der Waals surface area contributed by atoms with Crippen LogP contribution in [0.25, 0.3) is 0 Å². The van der Waals surface area contributed by atoms with Crippen LogP contribution < -0.4 is 10.6 Å². The minimum absolute atomic E-state index is 0.00775. The summed E-state index contributed by atoms with van der Waals surface area (Å²) in [5.41, 5.74) is 0. The monoisotopic (exact) mass is 229 g/mol. The molecule has 16 heavy (non-hydrogen) atoms. The van der Waals surface area contributed by atoms with E-state index in [4.69, 9.17) is 4.74 Å². The van der Waals surface area contributed by atoms with Gasteiger partial charge >= 0.3 is 0 Å². The van der Waals surface area contributed by atoms with Crippen molar-refractivity contribution in [3.05, 3.63) is 0 Å². The number of carbonyl (C=O) groups excluding carboxylic acids is 1. The van der Waals surface area contributed by atoms with Crippen LogP contribution in [0.15, 0.2) is 0 Å². The normalized spacial score (nSPS) is 22.0. The van der Waals surface area contributed by atoms with Gasteiger partial charge in [-0.1, -0.05) is 6.92 Å². The number of ether oxygens (including phenoxy) is 1. The summed E-state index contributed by atoms with van der Waals surface area (Å²) in [5.74, 6) is 0.00775. The summed E-state index contributed by atoms with van der Waals surface area (Å²) in [6, 6.07) is 0. The average molecular weight is 229 g/mol. The number of hydrogen-bond donors (Lipinski definition) is 2. The van der Waals surface area contributed by atoms with E-state index >= 15 is 0 Å². The minimum Gasteiger partial charge on any atom is -0.374 e. The van der Waals surface area contributed by atoms with Gasteiger partial charge in [-0.05, 0) is 6.54 Å². The first kappa shape index (κ1) is 13.4. The molecule has 1 rings (SSSR count). The van der Waals surface area contributed by atoms with Gasteiger partial charge in [0.15, 0.2) is 0 Å². The number of hydrogen-bond acceptors (Lipinski definition) is 4. The van der Waals surface area contributed by atoms with Crippen LogP contribution in [-0.4, -0.2) is 62.8 Å². The van der Waals surface area contributed by atoms with E-state index in [-0.39, 0.29) is 12.0 Å². The van der Waals surface area contributed by atoms with Crippen LogP contribution in [0.5, 0.6) is 0 Å². The first-order valence-corrected chi connectivity index (χ1v) is 6.01. The number of nitrogens with zero attached hydrogens (tertiary/aromatic N) is 1. The molecule has 0 aromatic carbocycles. The van der Waals surface area contributed by atoms with Crippen LogP contribution in [0, 0.1) is 0 Å². The third-order valence-electron chi connectivity index (χ3n) is 2.66. The average Bonchev–Trinajstić information content (AvgIpc) is 2.27. The molecular formula is C11H23N3O2. The molecule has 5 heteroatoms. The van der Waals surface area contributed by atoms with Crippen LogP contribution in [0.3, 0.4) is 0 Å². The van der Waals surface area contributed by atoms with Crippen LogP contribution in [0.2, 0.25) is 0 Å². The fourth-order valence-corrected chi connectivity index (χ4v) is 1.78. The van der Waals surface area contributed by atoms with Crippen molar-refractivity contribution < 1.29 is 9.53 Å². The second-order valence-electron chi connectivity index (χ2n) is 4.08. The third kappa shape index (κ3) is 5.44. The lowest BCUT2D eigenvalue weighted by Crippen LogP contribution is -2.48. The van der Waals surface area contributed by atoms with E-state index in [1.807, 2.05) is 0 Å². The fraction of sp³-hybridized carbons (Fsp3) is 0.909.